The molecule has 3 N–H and O–H groups in total. The molecule has 1 atom stereocenters. The molecule has 0 bridgehead atoms. The second-order valence-corrected chi connectivity index (χ2v) is 7.87. The molecular weight excluding hydrogens is 368 g/mol. The fourth-order valence-electron chi connectivity index (χ4n) is 4.06. The number of hydrogen-bond donors (Lipinski definition) is 2. The molecule has 1 unspecified atom stereocenters. The Balaban J connectivity index is 1.75. The van der Waals surface area contributed by atoms with E-state index in [0.29, 0.717) is 38.0 Å². The average molecular weight is 397 g/mol. The minimum Gasteiger partial charge on any atom is -0.496 e. The van der Waals surface area contributed by atoms with Gasteiger partial charge in [-0.05, 0) is 49.8 Å². The third kappa shape index (κ3) is 4.74. The standard InChI is InChI=1S/C20H29ClN2O4/c1-25-17-3-2-15(21)12-16(17)20(6-10-27-11-7-20)13-23-19(24)18(22)14-4-8-26-9-5-14/h2-3,12,14,18H,4-11,13,22H2,1H3,(H,23,24). The number of carbonyl (C=O) groups is 1. The smallest absolute Gasteiger partial charge is 0.237 e. The predicted molar refractivity (Wildman–Crippen MR) is 104 cm³/mol. The van der Waals surface area contributed by atoms with Crippen molar-refractivity contribution in [3.05, 3.63) is 28.8 Å². The maximum absolute atomic E-state index is 12.7. The Labute approximate surface area is 165 Å². The van der Waals surface area contributed by atoms with E-state index in [0.717, 1.165) is 37.0 Å². The average Bonchev–Trinajstić information content (AvgIpc) is 2.72. The van der Waals surface area contributed by atoms with E-state index in [-0.39, 0.29) is 17.2 Å². The van der Waals surface area contributed by atoms with E-state index in [2.05, 4.69) is 5.32 Å². The molecule has 0 spiro atoms. The van der Waals surface area contributed by atoms with Crippen molar-refractivity contribution in [2.24, 2.45) is 11.7 Å². The van der Waals surface area contributed by atoms with Gasteiger partial charge in [0.2, 0.25) is 5.91 Å². The van der Waals surface area contributed by atoms with Crippen molar-refractivity contribution in [1.82, 2.24) is 5.32 Å². The SMILES string of the molecule is COc1ccc(Cl)cc1C1(CNC(=O)C(N)C2CCOCC2)CCOCC1. The van der Waals surface area contributed by atoms with Gasteiger partial charge in [-0.2, -0.15) is 0 Å². The Kier molecular flexibility index (Phi) is 6.98. The van der Waals surface area contributed by atoms with Gasteiger partial charge in [0.05, 0.1) is 13.2 Å². The van der Waals surface area contributed by atoms with E-state index in [4.69, 9.17) is 31.5 Å². The maximum Gasteiger partial charge on any atom is 0.237 e. The highest BCUT2D eigenvalue weighted by Gasteiger charge is 2.38. The van der Waals surface area contributed by atoms with Gasteiger partial charge in [0.1, 0.15) is 5.75 Å². The van der Waals surface area contributed by atoms with Crippen LogP contribution in [0, 0.1) is 5.92 Å². The number of amides is 1. The zero-order valence-electron chi connectivity index (χ0n) is 15.8. The largest absolute Gasteiger partial charge is 0.496 e. The van der Waals surface area contributed by atoms with Crippen molar-refractivity contribution in [1.29, 1.82) is 0 Å². The third-order valence-electron chi connectivity index (χ3n) is 5.86. The van der Waals surface area contributed by atoms with Crippen LogP contribution in [0.4, 0.5) is 0 Å². The zero-order valence-corrected chi connectivity index (χ0v) is 16.6. The molecular formula is C20H29ClN2O4. The van der Waals surface area contributed by atoms with Gasteiger partial charge in [0.25, 0.3) is 0 Å². The first-order chi connectivity index (χ1) is 13.1. The molecule has 2 aliphatic rings. The molecule has 27 heavy (non-hydrogen) atoms. The van der Waals surface area contributed by atoms with Crippen molar-refractivity contribution in [3.63, 3.8) is 0 Å². The van der Waals surface area contributed by atoms with Gasteiger partial charge in [0.15, 0.2) is 0 Å². The van der Waals surface area contributed by atoms with E-state index in [1.165, 1.54) is 0 Å². The second-order valence-electron chi connectivity index (χ2n) is 7.43. The van der Waals surface area contributed by atoms with Crippen LogP contribution in [0.15, 0.2) is 18.2 Å². The molecule has 6 nitrogen and oxygen atoms in total. The Morgan fingerprint density at radius 1 is 1.30 bits per heavy atom. The van der Waals surface area contributed by atoms with Gasteiger partial charge in [-0.1, -0.05) is 11.6 Å². The fourth-order valence-corrected chi connectivity index (χ4v) is 4.23. The molecule has 0 radical (unpaired) electrons. The molecule has 2 heterocycles. The van der Waals surface area contributed by atoms with Crippen molar-refractivity contribution < 1.29 is 19.0 Å². The van der Waals surface area contributed by atoms with Gasteiger partial charge in [-0.25, -0.2) is 0 Å². The van der Waals surface area contributed by atoms with Crippen LogP contribution >= 0.6 is 11.6 Å². The first-order valence-corrected chi connectivity index (χ1v) is 9.96. The maximum atomic E-state index is 12.7. The number of ether oxygens (including phenoxy) is 3. The molecule has 7 heteroatoms. The Morgan fingerprint density at radius 2 is 1.96 bits per heavy atom. The van der Waals surface area contributed by atoms with E-state index >= 15 is 0 Å². The molecule has 1 aromatic rings. The summed E-state index contributed by atoms with van der Waals surface area (Å²) in [7, 11) is 1.65. The molecule has 3 rings (SSSR count). The lowest BCUT2D eigenvalue weighted by Crippen LogP contribution is -2.51. The topological polar surface area (TPSA) is 82.8 Å². The van der Waals surface area contributed by atoms with Crippen molar-refractivity contribution in [2.45, 2.75) is 37.1 Å². The van der Waals surface area contributed by atoms with Crippen LogP contribution in [0.3, 0.4) is 0 Å². The number of rotatable bonds is 6. The van der Waals surface area contributed by atoms with Gasteiger partial charge in [0, 0.05) is 49.0 Å². The summed E-state index contributed by atoms with van der Waals surface area (Å²) in [6.45, 7) is 3.11. The summed E-state index contributed by atoms with van der Waals surface area (Å²) in [6.07, 6.45) is 3.23. The quantitative estimate of drug-likeness (QED) is 0.770. The number of hydrogen-bond acceptors (Lipinski definition) is 5. The van der Waals surface area contributed by atoms with Crippen molar-refractivity contribution in [3.8, 4) is 5.75 Å². The minimum atomic E-state index is -0.507. The summed E-state index contributed by atoms with van der Waals surface area (Å²) in [5.74, 6) is 0.850. The van der Waals surface area contributed by atoms with Gasteiger partial charge >= 0.3 is 0 Å². The molecule has 2 saturated heterocycles. The Bertz CT molecular complexity index is 643. The number of nitrogens with two attached hydrogens (primary N) is 1. The lowest BCUT2D eigenvalue weighted by atomic mass is 9.73. The molecule has 0 aliphatic carbocycles. The summed E-state index contributed by atoms with van der Waals surface area (Å²) in [5, 5.41) is 3.76. The van der Waals surface area contributed by atoms with Crippen LogP contribution in [0.1, 0.15) is 31.2 Å². The van der Waals surface area contributed by atoms with E-state index in [1.807, 2.05) is 18.2 Å². The Hall–Kier alpha value is -1.34. The lowest BCUT2D eigenvalue weighted by molar-refractivity contribution is -0.124. The summed E-state index contributed by atoms with van der Waals surface area (Å²) in [6, 6.07) is 5.13. The van der Waals surface area contributed by atoms with Crippen molar-refractivity contribution in [2.75, 3.05) is 40.1 Å². The summed E-state index contributed by atoms with van der Waals surface area (Å²) in [5.41, 5.74) is 6.97. The summed E-state index contributed by atoms with van der Waals surface area (Å²) >= 11 is 6.26. The number of halogens is 1. The van der Waals surface area contributed by atoms with Crippen LogP contribution in [0.2, 0.25) is 5.02 Å². The Morgan fingerprint density at radius 3 is 2.63 bits per heavy atom. The van der Waals surface area contributed by atoms with Crippen LogP contribution in [-0.2, 0) is 19.7 Å². The van der Waals surface area contributed by atoms with Gasteiger partial charge < -0.3 is 25.3 Å². The third-order valence-corrected chi connectivity index (χ3v) is 6.10. The molecule has 1 amide bonds. The van der Waals surface area contributed by atoms with Crippen LogP contribution in [0.25, 0.3) is 0 Å². The first kappa shape index (κ1) is 20.4. The van der Waals surface area contributed by atoms with Crippen molar-refractivity contribution >= 4 is 17.5 Å². The normalized spacial score (nSPS) is 21.4. The molecule has 150 valence electrons. The highest BCUT2D eigenvalue weighted by molar-refractivity contribution is 6.30. The minimum absolute atomic E-state index is 0.103. The van der Waals surface area contributed by atoms with Crippen LogP contribution < -0.4 is 15.8 Å². The summed E-state index contributed by atoms with van der Waals surface area (Å²) in [4.78, 5) is 12.7. The summed E-state index contributed by atoms with van der Waals surface area (Å²) < 4.78 is 16.5. The lowest BCUT2D eigenvalue weighted by Gasteiger charge is -2.39. The molecule has 2 fully saturated rings. The number of nitrogens with one attached hydrogen (secondary N) is 1. The van der Waals surface area contributed by atoms with Crippen LogP contribution in [0.5, 0.6) is 5.75 Å². The monoisotopic (exact) mass is 396 g/mol. The number of carbonyl (C=O) groups excluding carboxylic acids is 1. The predicted octanol–water partition coefficient (Wildman–Crippen LogP) is 2.27. The molecule has 0 aromatic heterocycles. The first-order valence-electron chi connectivity index (χ1n) is 9.58. The van der Waals surface area contributed by atoms with Gasteiger partial charge in [-0.15, -0.1) is 0 Å². The highest BCUT2D eigenvalue weighted by atomic mass is 35.5. The molecule has 2 aliphatic heterocycles. The number of methoxy groups -OCH3 is 1. The van der Waals surface area contributed by atoms with Crippen LogP contribution in [-0.4, -0.2) is 52.0 Å². The number of benzene rings is 1. The van der Waals surface area contributed by atoms with E-state index in [1.54, 1.807) is 7.11 Å². The van der Waals surface area contributed by atoms with E-state index in [9.17, 15) is 4.79 Å². The fraction of sp³-hybridized carbons (Fsp3) is 0.650. The van der Waals surface area contributed by atoms with E-state index < -0.39 is 6.04 Å². The molecule has 1 aromatic carbocycles. The molecule has 0 saturated carbocycles. The van der Waals surface area contributed by atoms with Gasteiger partial charge in [-0.3, -0.25) is 4.79 Å². The highest BCUT2D eigenvalue weighted by Crippen LogP contribution is 2.40. The second kappa shape index (κ2) is 9.24. The zero-order chi connectivity index (χ0) is 19.3.